The Morgan fingerprint density at radius 1 is 1.28 bits per heavy atom. The summed E-state index contributed by atoms with van der Waals surface area (Å²) in [5, 5.41) is 10.4. The molecule has 0 bridgehead atoms. The number of nitrogen functional groups attached to an aromatic ring is 1. The smallest absolute Gasteiger partial charge is 0.126 e. The predicted molar refractivity (Wildman–Crippen MR) is 68.3 cm³/mol. The third-order valence-electron chi connectivity index (χ3n) is 2.93. The maximum Gasteiger partial charge on any atom is 0.126 e. The fourth-order valence-electron chi connectivity index (χ4n) is 1.88. The predicted octanol–water partition coefficient (Wildman–Crippen LogP) is 2.25. The summed E-state index contributed by atoms with van der Waals surface area (Å²) in [6.07, 6.45) is 1.93. The Hall–Kier alpha value is -1.94. The normalized spacial score (nSPS) is 14.2. The molecule has 18 heavy (non-hydrogen) atoms. The van der Waals surface area contributed by atoms with E-state index in [2.05, 4.69) is 4.98 Å². The quantitative estimate of drug-likeness (QED) is 0.873. The van der Waals surface area contributed by atoms with Gasteiger partial charge < -0.3 is 10.8 Å². The van der Waals surface area contributed by atoms with E-state index in [0.29, 0.717) is 17.8 Å². The fraction of sp³-hybridized carbons (Fsp3) is 0.214. The van der Waals surface area contributed by atoms with Gasteiger partial charge in [-0.1, -0.05) is 18.2 Å². The molecule has 1 aromatic carbocycles. The molecule has 0 spiro atoms. The van der Waals surface area contributed by atoms with Crippen LogP contribution in [0.2, 0.25) is 0 Å². The zero-order valence-electron chi connectivity index (χ0n) is 10.1. The van der Waals surface area contributed by atoms with E-state index >= 15 is 0 Å². The highest BCUT2D eigenvalue weighted by Crippen LogP contribution is 2.26. The van der Waals surface area contributed by atoms with Crippen LogP contribution in [0.1, 0.15) is 18.1 Å². The van der Waals surface area contributed by atoms with Crippen molar-refractivity contribution in [2.45, 2.75) is 18.9 Å². The van der Waals surface area contributed by atoms with Gasteiger partial charge in [0, 0.05) is 12.6 Å². The Morgan fingerprint density at radius 3 is 2.56 bits per heavy atom. The average Bonchev–Trinajstić information content (AvgIpc) is 2.32. The molecule has 2 aromatic rings. The van der Waals surface area contributed by atoms with Gasteiger partial charge in [-0.3, -0.25) is 0 Å². The average molecular weight is 246 g/mol. The zero-order valence-corrected chi connectivity index (χ0v) is 10.1. The second-order valence-electron chi connectivity index (χ2n) is 4.51. The van der Waals surface area contributed by atoms with Crippen molar-refractivity contribution in [3.63, 3.8) is 0 Å². The number of hydrogen-bond donors (Lipinski definition) is 2. The number of aliphatic hydroxyl groups is 1. The Labute approximate surface area is 105 Å². The standard InChI is InChI=1S/C14H15FN2O/c1-14(18,11-4-6-12(15)7-5-11)9-10-3-2-8-17-13(10)16/h2-8,18H,9H2,1H3,(H2,16,17). The number of halogens is 1. The zero-order chi connectivity index (χ0) is 13.2. The number of nitrogens with two attached hydrogens (primary N) is 1. The minimum atomic E-state index is -1.11. The monoisotopic (exact) mass is 246 g/mol. The number of rotatable bonds is 3. The van der Waals surface area contributed by atoms with Gasteiger partial charge in [-0.15, -0.1) is 0 Å². The first-order chi connectivity index (χ1) is 8.49. The third kappa shape index (κ3) is 2.65. The van der Waals surface area contributed by atoms with Crippen molar-refractivity contribution >= 4 is 5.82 Å². The lowest BCUT2D eigenvalue weighted by molar-refractivity contribution is 0.0576. The molecule has 0 aliphatic heterocycles. The molecule has 3 N–H and O–H groups in total. The molecule has 1 heterocycles. The molecule has 1 unspecified atom stereocenters. The van der Waals surface area contributed by atoms with E-state index in [-0.39, 0.29) is 5.82 Å². The first kappa shape index (κ1) is 12.5. The minimum absolute atomic E-state index is 0.324. The molecule has 0 radical (unpaired) electrons. The van der Waals surface area contributed by atoms with Crippen LogP contribution >= 0.6 is 0 Å². The van der Waals surface area contributed by atoms with Gasteiger partial charge in [-0.25, -0.2) is 9.37 Å². The second kappa shape index (κ2) is 4.74. The van der Waals surface area contributed by atoms with Crippen LogP contribution in [-0.2, 0) is 12.0 Å². The highest BCUT2D eigenvalue weighted by molar-refractivity contribution is 5.40. The highest BCUT2D eigenvalue weighted by Gasteiger charge is 2.24. The first-order valence-electron chi connectivity index (χ1n) is 5.67. The molecule has 0 fully saturated rings. The van der Waals surface area contributed by atoms with Crippen molar-refractivity contribution in [2.75, 3.05) is 5.73 Å². The van der Waals surface area contributed by atoms with Gasteiger partial charge in [-0.2, -0.15) is 0 Å². The molecule has 0 saturated heterocycles. The summed E-state index contributed by atoms with van der Waals surface area (Å²) in [7, 11) is 0. The van der Waals surface area contributed by atoms with E-state index in [9.17, 15) is 9.50 Å². The molecule has 1 aromatic heterocycles. The van der Waals surface area contributed by atoms with E-state index < -0.39 is 5.60 Å². The molecule has 1 atom stereocenters. The van der Waals surface area contributed by atoms with Crippen molar-refractivity contribution in [1.82, 2.24) is 4.98 Å². The lowest BCUT2D eigenvalue weighted by Gasteiger charge is -2.24. The van der Waals surface area contributed by atoms with E-state index in [1.807, 2.05) is 6.07 Å². The molecule has 94 valence electrons. The number of benzene rings is 1. The van der Waals surface area contributed by atoms with Crippen LogP contribution in [0.5, 0.6) is 0 Å². The molecular weight excluding hydrogens is 231 g/mol. The maximum atomic E-state index is 12.9. The van der Waals surface area contributed by atoms with E-state index in [1.165, 1.54) is 12.1 Å². The first-order valence-corrected chi connectivity index (χ1v) is 5.67. The minimum Gasteiger partial charge on any atom is -0.385 e. The summed E-state index contributed by atoms with van der Waals surface area (Å²) in [6.45, 7) is 1.67. The van der Waals surface area contributed by atoms with Crippen LogP contribution in [-0.4, -0.2) is 10.1 Å². The van der Waals surface area contributed by atoms with E-state index in [1.54, 1.807) is 31.3 Å². The number of anilines is 1. The maximum absolute atomic E-state index is 12.9. The Morgan fingerprint density at radius 2 is 1.94 bits per heavy atom. The van der Waals surface area contributed by atoms with Crippen LogP contribution in [0.15, 0.2) is 42.6 Å². The van der Waals surface area contributed by atoms with Gasteiger partial charge in [0.15, 0.2) is 0 Å². The van der Waals surface area contributed by atoms with Gasteiger partial charge in [0.1, 0.15) is 11.6 Å². The van der Waals surface area contributed by atoms with Gasteiger partial charge in [0.25, 0.3) is 0 Å². The Balaban J connectivity index is 2.27. The van der Waals surface area contributed by atoms with Gasteiger partial charge in [-0.05, 0) is 36.2 Å². The highest BCUT2D eigenvalue weighted by atomic mass is 19.1. The van der Waals surface area contributed by atoms with Crippen LogP contribution in [0.25, 0.3) is 0 Å². The number of pyridine rings is 1. The largest absolute Gasteiger partial charge is 0.385 e. The third-order valence-corrected chi connectivity index (χ3v) is 2.93. The molecule has 0 aliphatic rings. The number of aromatic nitrogens is 1. The Kier molecular flexibility index (Phi) is 3.30. The number of nitrogens with zero attached hydrogens (tertiary/aromatic N) is 1. The molecule has 3 nitrogen and oxygen atoms in total. The fourth-order valence-corrected chi connectivity index (χ4v) is 1.88. The molecule has 4 heteroatoms. The van der Waals surface area contributed by atoms with Crippen LogP contribution in [0.3, 0.4) is 0 Å². The van der Waals surface area contributed by atoms with E-state index in [4.69, 9.17) is 5.73 Å². The molecule has 0 aliphatic carbocycles. The molecular formula is C14H15FN2O. The SMILES string of the molecule is CC(O)(Cc1cccnc1N)c1ccc(F)cc1. The topological polar surface area (TPSA) is 59.1 Å². The summed E-state index contributed by atoms with van der Waals surface area (Å²) in [5.41, 5.74) is 6.06. The molecule has 2 rings (SSSR count). The lowest BCUT2D eigenvalue weighted by Crippen LogP contribution is -2.25. The molecule has 0 amide bonds. The van der Waals surface area contributed by atoms with Gasteiger partial charge in [0.2, 0.25) is 0 Å². The van der Waals surface area contributed by atoms with E-state index in [0.717, 1.165) is 5.56 Å². The Bertz CT molecular complexity index is 538. The summed E-state index contributed by atoms with van der Waals surface area (Å²) >= 11 is 0. The molecule has 0 saturated carbocycles. The van der Waals surface area contributed by atoms with Gasteiger partial charge >= 0.3 is 0 Å². The van der Waals surface area contributed by atoms with Crippen LogP contribution in [0.4, 0.5) is 10.2 Å². The van der Waals surface area contributed by atoms with Crippen LogP contribution < -0.4 is 5.73 Å². The van der Waals surface area contributed by atoms with Crippen molar-refractivity contribution < 1.29 is 9.50 Å². The summed E-state index contributed by atoms with van der Waals surface area (Å²) in [5.74, 6) is 0.0790. The summed E-state index contributed by atoms with van der Waals surface area (Å²) in [4.78, 5) is 3.98. The summed E-state index contributed by atoms with van der Waals surface area (Å²) in [6, 6.07) is 9.39. The summed E-state index contributed by atoms with van der Waals surface area (Å²) < 4.78 is 12.9. The second-order valence-corrected chi connectivity index (χ2v) is 4.51. The lowest BCUT2D eigenvalue weighted by atomic mass is 9.89. The van der Waals surface area contributed by atoms with Crippen molar-refractivity contribution in [3.8, 4) is 0 Å². The number of hydrogen-bond acceptors (Lipinski definition) is 3. The van der Waals surface area contributed by atoms with Crippen molar-refractivity contribution in [3.05, 3.63) is 59.5 Å². The van der Waals surface area contributed by atoms with Crippen molar-refractivity contribution in [2.24, 2.45) is 0 Å². The van der Waals surface area contributed by atoms with Gasteiger partial charge in [0.05, 0.1) is 5.60 Å². The van der Waals surface area contributed by atoms with Crippen LogP contribution in [0, 0.1) is 5.82 Å². The van der Waals surface area contributed by atoms with Crippen molar-refractivity contribution in [1.29, 1.82) is 0 Å².